The van der Waals surface area contributed by atoms with Crippen molar-refractivity contribution in [1.29, 1.82) is 0 Å². The molecule has 0 aliphatic rings. The van der Waals surface area contributed by atoms with Crippen molar-refractivity contribution in [3.05, 3.63) is 22.6 Å². The van der Waals surface area contributed by atoms with E-state index in [1.807, 2.05) is 20.0 Å². The highest BCUT2D eigenvalue weighted by Crippen LogP contribution is 2.24. The zero-order valence-electron chi connectivity index (χ0n) is 7.84. The average Bonchev–Trinajstić information content (AvgIpc) is 2.54. The van der Waals surface area contributed by atoms with Crippen LogP contribution < -0.4 is 5.32 Å². The van der Waals surface area contributed by atoms with Gasteiger partial charge >= 0.3 is 0 Å². The van der Waals surface area contributed by atoms with Gasteiger partial charge in [-0.3, -0.25) is 0 Å². The Labute approximate surface area is 86.6 Å². The lowest BCUT2D eigenvalue weighted by Crippen LogP contribution is -2.21. The van der Waals surface area contributed by atoms with Crippen molar-refractivity contribution in [2.75, 3.05) is 20.3 Å². The van der Waals surface area contributed by atoms with Gasteiger partial charge in [0.1, 0.15) is 0 Å². The summed E-state index contributed by atoms with van der Waals surface area (Å²) in [5, 5.41) is 3.17. The normalized spacial score (nSPS) is 13.2. The minimum atomic E-state index is 0.188. The number of hydrogen-bond acceptors (Lipinski definition) is 3. The lowest BCUT2D eigenvalue weighted by atomic mass is 10.2. The molecule has 0 aliphatic heterocycles. The van der Waals surface area contributed by atoms with Gasteiger partial charge in [0, 0.05) is 12.2 Å². The molecule has 4 heteroatoms. The molecule has 1 aromatic rings. The summed E-state index contributed by atoms with van der Waals surface area (Å²) >= 11 is 3.34. The standard InChI is InChI=1S/C9H14BrNO2/c1-3-12-6-8(11-2)7-4-5-13-9(7)10/h4-5,8,11H,3,6H2,1-2H3. The molecule has 0 spiro atoms. The molecular weight excluding hydrogens is 234 g/mol. The number of furan rings is 1. The second kappa shape index (κ2) is 5.42. The van der Waals surface area contributed by atoms with Crippen LogP contribution in [0.3, 0.4) is 0 Å². The Morgan fingerprint density at radius 1 is 1.69 bits per heavy atom. The molecule has 13 heavy (non-hydrogen) atoms. The van der Waals surface area contributed by atoms with E-state index < -0.39 is 0 Å². The Kier molecular flexibility index (Phi) is 4.48. The first kappa shape index (κ1) is 10.8. The Bertz CT molecular complexity index is 250. The molecule has 74 valence electrons. The van der Waals surface area contributed by atoms with Gasteiger partial charge in [0.25, 0.3) is 0 Å². The minimum absolute atomic E-state index is 0.188. The topological polar surface area (TPSA) is 34.4 Å². The van der Waals surface area contributed by atoms with Crippen LogP contribution >= 0.6 is 15.9 Å². The number of halogens is 1. The van der Waals surface area contributed by atoms with E-state index in [9.17, 15) is 0 Å². The molecule has 0 radical (unpaired) electrons. The van der Waals surface area contributed by atoms with Crippen LogP contribution in [0.2, 0.25) is 0 Å². The van der Waals surface area contributed by atoms with E-state index in [4.69, 9.17) is 9.15 Å². The first-order valence-electron chi connectivity index (χ1n) is 4.27. The van der Waals surface area contributed by atoms with E-state index in [-0.39, 0.29) is 6.04 Å². The number of likely N-dealkylation sites (N-methyl/N-ethyl adjacent to an activating group) is 1. The zero-order valence-corrected chi connectivity index (χ0v) is 9.43. The fourth-order valence-corrected chi connectivity index (χ4v) is 1.63. The van der Waals surface area contributed by atoms with E-state index >= 15 is 0 Å². The molecule has 1 heterocycles. The number of ether oxygens (including phenoxy) is 1. The largest absolute Gasteiger partial charge is 0.457 e. The predicted octanol–water partition coefficient (Wildman–Crippen LogP) is 2.34. The maximum absolute atomic E-state index is 5.34. The van der Waals surface area contributed by atoms with Crippen LogP contribution in [0.1, 0.15) is 18.5 Å². The molecule has 0 bridgehead atoms. The van der Waals surface area contributed by atoms with Gasteiger partial charge in [-0.25, -0.2) is 0 Å². The lowest BCUT2D eigenvalue weighted by Gasteiger charge is -2.14. The van der Waals surface area contributed by atoms with Crippen LogP contribution in [0.4, 0.5) is 0 Å². The Morgan fingerprint density at radius 3 is 2.92 bits per heavy atom. The summed E-state index contributed by atoms with van der Waals surface area (Å²) in [7, 11) is 1.91. The van der Waals surface area contributed by atoms with E-state index in [0.29, 0.717) is 6.61 Å². The fourth-order valence-electron chi connectivity index (χ4n) is 1.12. The maximum Gasteiger partial charge on any atom is 0.173 e. The van der Waals surface area contributed by atoms with Crippen LogP contribution in [-0.2, 0) is 4.74 Å². The number of rotatable bonds is 5. The van der Waals surface area contributed by atoms with Crippen LogP contribution in [0.15, 0.2) is 21.4 Å². The molecule has 1 atom stereocenters. The summed E-state index contributed by atoms with van der Waals surface area (Å²) in [5.74, 6) is 0. The van der Waals surface area contributed by atoms with E-state index in [2.05, 4.69) is 21.2 Å². The molecular formula is C9H14BrNO2. The third kappa shape index (κ3) is 2.83. The van der Waals surface area contributed by atoms with Crippen molar-refractivity contribution in [2.24, 2.45) is 0 Å². The average molecular weight is 248 g/mol. The van der Waals surface area contributed by atoms with Gasteiger partial charge in [-0.05, 0) is 36.0 Å². The summed E-state index contributed by atoms with van der Waals surface area (Å²) in [5.41, 5.74) is 1.09. The van der Waals surface area contributed by atoms with Gasteiger partial charge in [0.15, 0.2) is 4.67 Å². The molecule has 0 amide bonds. The molecule has 0 fully saturated rings. The smallest absolute Gasteiger partial charge is 0.173 e. The van der Waals surface area contributed by atoms with E-state index in [1.54, 1.807) is 6.26 Å². The molecule has 1 unspecified atom stereocenters. The van der Waals surface area contributed by atoms with Crippen molar-refractivity contribution >= 4 is 15.9 Å². The fraction of sp³-hybridized carbons (Fsp3) is 0.556. The Hall–Kier alpha value is -0.320. The van der Waals surface area contributed by atoms with Gasteiger partial charge in [-0.2, -0.15) is 0 Å². The van der Waals surface area contributed by atoms with Gasteiger partial charge < -0.3 is 14.5 Å². The minimum Gasteiger partial charge on any atom is -0.457 e. The van der Waals surface area contributed by atoms with Crippen molar-refractivity contribution in [3.63, 3.8) is 0 Å². The lowest BCUT2D eigenvalue weighted by molar-refractivity contribution is 0.125. The first-order valence-corrected chi connectivity index (χ1v) is 5.06. The van der Waals surface area contributed by atoms with E-state index in [1.165, 1.54) is 0 Å². The summed E-state index contributed by atoms with van der Waals surface area (Å²) in [6.07, 6.45) is 1.66. The summed E-state index contributed by atoms with van der Waals surface area (Å²) in [6, 6.07) is 2.12. The van der Waals surface area contributed by atoms with Gasteiger partial charge in [0.2, 0.25) is 0 Å². The molecule has 0 aromatic carbocycles. The molecule has 1 aromatic heterocycles. The van der Waals surface area contributed by atoms with Crippen LogP contribution in [0, 0.1) is 0 Å². The SMILES string of the molecule is CCOCC(NC)c1ccoc1Br. The number of hydrogen-bond donors (Lipinski definition) is 1. The van der Waals surface area contributed by atoms with Crippen molar-refractivity contribution in [1.82, 2.24) is 5.32 Å². The first-order chi connectivity index (χ1) is 6.29. The van der Waals surface area contributed by atoms with Crippen molar-refractivity contribution in [3.8, 4) is 0 Å². The third-order valence-electron chi connectivity index (χ3n) is 1.86. The second-order valence-electron chi connectivity index (χ2n) is 2.65. The summed E-state index contributed by atoms with van der Waals surface area (Å²) < 4.78 is 11.3. The second-order valence-corrected chi connectivity index (χ2v) is 3.37. The molecule has 3 nitrogen and oxygen atoms in total. The van der Waals surface area contributed by atoms with Crippen LogP contribution in [0.25, 0.3) is 0 Å². The van der Waals surface area contributed by atoms with Crippen molar-refractivity contribution < 1.29 is 9.15 Å². The summed E-state index contributed by atoms with van der Waals surface area (Å²) in [6.45, 7) is 3.37. The zero-order chi connectivity index (χ0) is 9.68. The monoisotopic (exact) mass is 247 g/mol. The van der Waals surface area contributed by atoms with Gasteiger partial charge in [-0.1, -0.05) is 0 Å². The predicted molar refractivity (Wildman–Crippen MR) is 54.7 cm³/mol. The van der Waals surface area contributed by atoms with Crippen molar-refractivity contribution in [2.45, 2.75) is 13.0 Å². The highest BCUT2D eigenvalue weighted by Gasteiger charge is 2.14. The summed E-state index contributed by atoms with van der Waals surface area (Å²) in [4.78, 5) is 0. The van der Waals surface area contributed by atoms with E-state index in [0.717, 1.165) is 16.8 Å². The Morgan fingerprint density at radius 2 is 2.46 bits per heavy atom. The molecule has 0 aliphatic carbocycles. The quantitative estimate of drug-likeness (QED) is 0.868. The molecule has 0 saturated carbocycles. The molecule has 1 rings (SSSR count). The van der Waals surface area contributed by atoms with Crippen LogP contribution in [0.5, 0.6) is 0 Å². The third-order valence-corrected chi connectivity index (χ3v) is 2.50. The highest BCUT2D eigenvalue weighted by molar-refractivity contribution is 9.10. The molecule has 1 N–H and O–H groups in total. The van der Waals surface area contributed by atoms with Gasteiger partial charge in [-0.15, -0.1) is 0 Å². The Balaban J connectivity index is 2.61. The maximum atomic E-state index is 5.34. The highest BCUT2D eigenvalue weighted by atomic mass is 79.9. The number of nitrogens with one attached hydrogen (secondary N) is 1. The molecule has 0 saturated heterocycles. The van der Waals surface area contributed by atoms with Crippen LogP contribution in [-0.4, -0.2) is 20.3 Å². The van der Waals surface area contributed by atoms with Gasteiger partial charge in [0.05, 0.1) is 18.9 Å².